The van der Waals surface area contributed by atoms with E-state index in [1.165, 1.54) is 18.0 Å². The van der Waals surface area contributed by atoms with Gasteiger partial charge < -0.3 is 10.2 Å². The highest BCUT2D eigenvalue weighted by molar-refractivity contribution is 5.61. The Hall–Kier alpha value is -2.63. The predicted octanol–water partition coefficient (Wildman–Crippen LogP) is 3.97. The summed E-state index contributed by atoms with van der Waals surface area (Å²) in [6.45, 7) is 7.41. The molecule has 1 N–H and O–H groups in total. The van der Waals surface area contributed by atoms with Crippen LogP contribution in [-0.4, -0.2) is 22.5 Å². The average molecular weight is 300 g/mol. The van der Waals surface area contributed by atoms with Crippen molar-refractivity contribution in [1.29, 1.82) is 0 Å². The Kier molecular flexibility index (Phi) is 4.93. The molecule has 0 aliphatic carbocycles. The Labute approximate surface area is 129 Å². The van der Waals surface area contributed by atoms with Crippen molar-refractivity contribution in [1.82, 2.24) is 4.98 Å². The lowest BCUT2D eigenvalue weighted by Gasteiger charge is -2.27. The minimum absolute atomic E-state index is 0.0172. The molecule has 0 radical (unpaired) electrons. The minimum atomic E-state index is -0.461. The number of nitrogens with zero attached hydrogens (tertiary/aromatic N) is 3. The lowest BCUT2D eigenvalue weighted by atomic mass is 10.2. The zero-order chi connectivity index (χ0) is 16.1. The van der Waals surface area contributed by atoms with Gasteiger partial charge in [0.1, 0.15) is 12.0 Å². The molecule has 0 atom stereocenters. The molecule has 0 aliphatic heterocycles. The molecule has 0 fully saturated rings. The molecule has 0 unspecified atom stereocenters. The zero-order valence-electron chi connectivity index (χ0n) is 13.0. The fraction of sp³-hybridized carbons (Fsp3) is 0.312. The van der Waals surface area contributed by atoms with Crippen LogP contribution in [0.15, 0.2) is 42.6 Å². The van der Waals surface area contributed by atoms with Crippen molar-refractivity contribution in [3.63, 3.8) is 0 Å². The maximum absolute atomic E-state index is 10.6. The van der Waals surface area contributed by atoms with Crippen LogP contribution in [0.25, 0.3) is 0 Å². The Balaban J connectivity index is 2.09. The number of pyridine rings is 1. The highest BCUT2D eigenvalue weighted by Gasteiger charge is 2.08. The van der Waals surface area contributed by atoms with Gasteiger partial charge in [0.05, 0.1) is 4.92 Å². The van der Waals surface area contributed by atoms with Crippen LogP contribution in [-0.2, 0) is 0 Å². The number of nitrogens with one attached hydrogen (secondary N) is 1. The van der Waals surface area contributed by atoms with Gasteiger partial charge in [0.15, 0.2) is 0 Å². The molecule has 6 nitrogen and oxygen atoms in total. The SMILES string of the molecule is CCN(c1ccc(Nc2ccc([N+](=O)[O-])cn2)cc1)C(C)C. The number of anilines is 3. The Morgan fingerprint density at radius 2 is 1.91 bits per heavy atom. The van der Waals surface area contributed by atoms with Gasteiger partial charge >= 0.3 is 0 Å². The predicted molar refractivity (Wildman–Crippen MR) is 88.8 cm³/mol. The van der Waals surface area contributed by atoms with Gasteiger partial charge in [-0.05, 0) is 51.1 Å². The van der Waals surface area contributed by atoms with Gasteiger partial charge in [-0.1, -0.05) is 0 Å². The molecular formula is C16H20N4O2. The molecule has 6 heteroatoms. The summed E-state index contributed by atoms with van der Waals surface area (Å²) in [5.41, 5.74) is 2.04. The summed E-state index contributed by atoms with van der Waals surface area (Å²) >= 11 is 0. The van der Waals surface area contributed by atoms with Crippen molar-refractivity contribution in [2.45, 2.75) is 26.8 Å². The van der Waals surface area contributed by atoms with Crippen LogP contribution >= 0.6 is 0 Å². The summed E-state index contributed by atoms with van der Waals surface area (Å²) < 4.78 is 0. The molecule has 116 valence electrons. The molecule has 0 amide bonds. The monoisotopic (exact) mass is 300 g/mol. The first-order chi connectivity index (χ1) is 10.5. The summed E-state index contributed by atoms with van der Waals surface area (Å²) in [6.07, 6.45) is 1.24. The van der Waals surface area contributed by atoms with Crippen LogP contribution in [0.1, 0.15) is 20.8 Å². The summed E-state index contributed by atoms with van der Waals surface area (Å²) in [7, 11) is 0. The van der Waals surface area contributed by atoms with E-state index in [0.717, 1.165) is 12.2 Å². The van der Waals surface area contributed by atoms with Crippen LogP contribution in [0.5, 0.6) is 0 Å². The number of rotatable bonds is 6. The van der Waals surface area contributed by atoms with Crippen LogP contribution in [0.4, 0.5) is 22.9 Å². The van der Waals surface area contributed by atoms with E-state index in [2.05, 4.69) is 48.1 Å². The van der Waals surface area contributed by atoms with Crippen molar-refractivity contribution in [2.24, 2.45) is 0 Å². The van der Waals surface area contributed by atoms with Gasteiger partial charge in [-0.15, -0.1) is 0 Å². The van der Waals surface area contributed by atoms with E-state index in [1.807, 2.05) is 12.1 Å². The second-order valence-electron chi connectivity index (χ2n) is 5.21. The van der Waals surface area contributed by atoms with Gasteiger partial charge in [0.25, 0.3) is 5.69 Å². The fourth-order valence-corrected chi connectivity index (χ4v) is 2.30. The van der Waals surface area contributed by atoms with E-state index in [1.54, 1.807) is 6.07 Å². The molecule has 1 aromatic heterocycles. The molecule has 2 aromatic rings. The maximum atomic E-state index is 10.6. The highest BCUT2D eigenvalue weighted by Crippen LogP contribution is 2.22. The smallest absolute Gasteiger partial charge is 0.287 e. The third-order valence-corrected chi connectivity index (χ3v) is 3.39. The van der Waals surface area contributed by atoms with Gasteiger partial charge in [-0.3, -0.25) is 10.1 Å². The second kappa shape index (κ2) is 6.89. The molecule has 0 spiro atoms. The van der Waals surface area contributed by atoms with E-state index >= 15 is 0 Å². The average Bonchev–Trinajstić information content (AvgIpc) is 2.50. The highest BCUT2D eigenvalue weighted by atomic mass is 16.6. The van der Waals surface area contributed by atoms with Crippen molar-refractivity contribution in [3.05, 3.63) is 52.7 Å². The molecule has 1 aromatic carbocycles. The Bertz CT molecular complexity index is 624. The third kappa shape index (κ3) is 3.72. The van der Waals surface area contributed by atoms with Crippen LogP contribution in [0.2, 0.25) is 0 Å². The normalized spacial score (nSPS) is 10.5. The van der Waals surface area contributed by atoms with E-state index in [-0.39, 0.29) is 5.69 Å². The van der Waals surface area contributed by atoms with E-state index in [0.29, 0.717) is 11.9 Å². The molecule has 22 heavy (non-hydrogen) atoms. The largest absolute Gasteiger partial charge is 0.369 e. The van der Waals surface area contributed by atoms with E-state index < -0.39 is 4.92 Å². The first-order valence-corrected chi connectivity index (χ1v) is 7.25. The van der Waals surface area contributed by atoms with Gasteiger partial charge in [-0.25, -0.2) is 4.98 Å². The lowest BCUT2D eigenvalue weighted by molar-refractivity contribution is -0.385. The summed E-state index contributed by atoms with van der Waals surface area (Å²) in [6, 6.07) is 11.5. The molecule has 1 heterocycles. The minimum Gasteiger partial charge on any atom is -0.369 e. The second-order valence-corrected chi connectivity index (χ2v) is 5.21. The quantitative estimate of drug-likeness (QED) is 0.645. The van der Waals surface area contributed by atoms with Crippen LogP contribution < -0.4 is 10.2 Å². The van der Waals surface area contributed by atoms with Crippen molar-refractivity contribution >= 4 is 22.9 Å². The van der Waals surface area contributed by atoms with Crippen molar-refractivity contribution in [2.75, 3.05) is 16.8 Å². The number of aromatic nitrogens is 1. The number of hydrogen-bond acceptors (Lipinski definition) is 5. The van der Waals surface area contributed by atoms with Crippen LogP contribution in [0, 0.1) is 10.1 Å². The molecule has 0 aliphatic rings. The van der Waals surface area contributed by atoms with Crippen LogP contribution in [0.3, 0.4) is 0 Å². The number of benzene rings is 1. The molecule has 0 bridgehead atoms. The Morgan fingerprint density at radius 3 is 2.36 bits per heavy atom. The van der Waals surface area contributed by atoms with Gasteiger partial charge in [0.2, 0.25) is 0 Å². The first-order valence-electron chi connectivity index (χ1n) is 7.25. The number of hydrogen-bond donors (Lipinski definition) is 1. The number of nitro groups is 1. The molecule has 2 rings (SSSR count). The topological polar surface area (TPSA) is 71.3 Å². The fourth-order valence-electron chi connectivity index (χ4n) is 2.30. The summed E-state index contributed by atoms with van der Waals surface area (Å²) in [5, 5.41) is 13.7. The standard InChI is InChI=1S/C16H20N4O2/c1-4-19(12(2)3)14-7-5-13(6-8-14)18-16-10-9-15(11-17-16)20(21)22/h5-12H,4H2,1-3H3,(H,17,18). The van der Waals surface area contributed by atoms with Crippen molar-refractivity contribution in [3.8, 4) is 0 Å². The van der Waals surface area contributed by atoms with Gasteiger partial charge in [-0.2, -0.15) is 0 Å². The Morgan fingerprint density at radius 1 is 1.23 bits per heavy atom. The third-order valence-electron chi connectivity index (χ3n) is 3.39. The summed E-state index contributed by atoms with van der Waals surface area (Å²) in [5.74, 6) is 0.578. The van der Waals surface area contributed by atoms with Gasteiger partial charge in [0, 0.05) is 30.0 Å². The lowest BCUT2D eigenvalue weighted by Crippen LogP contribution is -2.30. The summed E-state index contributed by atoms with van der Waals surface area (Å²) in [4.78, 5) is 16.5. The van der Waals surface area contributed by atoms with E-state index in [9.17, 15) is 10.1 Å². The van der Waals surface area contributed by atoms with E-state index in [4.69, 9.17) is 0 Å². The molecule has 0 saturated heterocycles. The molecule has 0 saturated carbocycles. The zero-order valence-corrected chi connectivity index (χ0v) is 13.0. The van der Waals surface area contributed by atoms with Crippen molar-refractivity contribution < 1.29 is 4.92 Å². The molecular weight excluding hydrogens is 280 g/mol. The maximum Gasteiger partial charge on any atom is 0.287 e. The first kappa shape index (κ1) is 15.8.